The smallest absolute Gasteiger partial charge is 0.325 e. The van der Waals surface area contributed by atoms with Gasteiger partial charge < -0.3 is 10.6 Å². The third-order valence-corrected chi connectivity index (χ3v) is 4.61. The van der Waals surface area contributed by atoms with E-state index in [2.05, 4.69) is 10.6 Å². The summed E-state index contributed by atoms with van der Waals surface area (Å²) < 4.78 is 0. The molecule has 1 atom stereocenters. The van der Waals surface area contributed by atoms with Gasteiger partial charge in [-0.05, 0) is 38.2 Å². The first-order valence-corrected chi connectivity index (χ1v) is 7.86. The summed E-state index contributed by atoms with van der Waals surface area (Å²) in [4.78, 5) is 37.5. The molecule has 1 heterocycles. The average molecular weight is 315 g/mol. The van der Waals surface area contributed by atoms with Gasteiger partial charge in [-0.1, -0.05) is 29.8 Å². The number of urea groups is 1. The summed E-state index contributed by atoms with van der Waals surface area (Å²) in [6.45, 7) is 3.88. The number of rotatable bonds is 5. The molecule has 1 aliphatic heterocycles. The molecule has 2 fully saturated rings. The second-order valence-corrected chi connectivity index (χ2v) is 6.56. The molecule has 0 spiro atoms. The van der Waals surface area contributed by atoms with Gasteiger partial charge in [-0.15, -0.1) is 0 Å². The summed E-state index contributed by atoms with van der Waals surface area (Å²) in [7, 11) is 0. The first-order chi connectivity index (χ1) is 10.9. The second-order valence-electron chi connectivity index (χ2n) is 6.56. The molecule has 6 heteroatoms. The number of benzene rings is 1. The Morgan fingerprint density at radius 2 is 1.96 bits per heavy atom. The standard InChI is InChI=1S/C17H21N3O3/c1-11-3-5-12(6-4-11)9-18-14(21)10-20-15(22)17(2,13-7-8-13)19-16(20)23/h3-6,13H,7-10H2,1-2H3,(H,18,21)(H,19,23). The molecule has 4 amide bonds. The molecule has 0 aromatic heterocycles. The van der Waals surface area contributed by atoms with Crippen LogP contribution < -0.4 is 10.6 Å². The summed E-state index contributed by atoms with van der Waals surface area (Å²) in [5.41, 5.74) is 1.29. The van der Waals surface area contributed by atoms with Crippen molar-refractivity contribution in [1.29, 1.82) is 0 Å². The molecule has 1 aromatic carbocycles. The van der Waals surface area contributed by atoms with Crippen LogP contribution in [0.5, 0.6) is 0 Å². The molecule has 0 bridgehead atoms. The Morgan fingerprint density at radius 3 is 2.57 bits per heavy atom. The number of carbonyl (C=O) groups is 3. The van der Waals surface area contributed by atoms with Crippen LogP contribution >= 0.6 is 0 Å². The van der Waals surface area contributed by atoms with Gasteiger partial charge in [0.25, 0.3) is 5.91 Å². The molecule has 1 aromatic rings. The normalized spacial score (nSPS) is 23.8. The molecule has 6 nitrogen and oxygen atoms in total. The average Bonchev–Trinajstić information content (AvgIpc) is 3.33. The molecule has 23 heavy (non-hydrogen) atoms. The van der Waals surface area contributed by atoms with E-state index in [1.165, 1.54) is 0 Å². The maximum absolute atomic E-state index is 12.4. The van der Waals surface area contributed by atoms with Crippen molar-refractivity contribution in [2.24, 2.45) is 5.92 Å². The summed E-state index contributed by atoms with van der Waals surface area (Å²) in [5, 5.41) is 5.48. The second kappa shape index (κ2) is 5.68. The van der Waals surface area contributed by atoms with Crippen LogP contribution in [0.25, 0.3) is 0 Å². The Bertz CT molecular complexity index is 652. The van der Waals surface area contributed by atoms with E-state index >= 15 is 0 Å². The maximum Gasteiger partial charge on any atom is 0.325 e. The summed E-state index contributed by atoms with van der Waals surface area (Å²) in [5.74, 6) is -0.441. The molecule has 2 N–H and O–H groups in total. The Morgan fingerprint density at radius 1 is 1.30 bits per heavy atom. The lowest BCUT2D eigenvalue weighted by Gasteiger charge is -2.20. The van der Waals surface area contributed by atoms with E-state index in [0.717, 1.165) is 28.9 Å². The van der Waals surface area contributed by atoms with Gasteiger partial charge in [0, 0.05) is 6.54 Å². The fourth-order valence-electron chi connectivity index (χ4n) is 2.90. The molecular weight excluding hydrogens is 294 g/mol. The minimum Gasteiger partial charge on any atom is -0.350 e. The fraction of sp³-hybridized carbons (Fsp3) is 0.471. The van der Waals surface area contributed by atoms with Gasteiger partial charge in [-0.3, -0.25) is 14.5 Å². The van der Waals surface area contributed by atoms with Crippen LogP contribution in [-0.2, 0) is 16.1 Å². The van der Waals surface area contributed by atoms with Crippen molar-refractivity contribution in [3.63, 3.8) is 0 Å². The molecule has 122 valence electrons. The Hall–Kier alpha value is -2.37. The minimum absolute atomic E-state index is 0.194. The zero-order chi connectivity index (χ0) is 16.6. The molecule has 1 aliphatic carbocycles. The monoisotopic (exact) mass is 315 g/mol. The first kappa shape index (κ1) is 15.5. The fourth-order valence-corrected chi connectivity index (χ4v) is 2.90. The highest BCUT2D eigenvalue weighted by molar-refractivity contribution is 6.09. The van der Waals surface area contributed by atoms with Gasteiger partial charge in [-0.2, -0.15) is 0 Å². The van der Waals surface area contributed by atoms with Gasteiger partial charge >= 0.3 is 6.03 Å². The van der Waals surface area contributed by atoms with Crippen LogP contribution in [0.3, 0.4) is 0 Å². The van der Waals surface area contributed by atoms with Gasteiger partial charge in [0.05, 0.1) is 0 Å². The Kier molecular flexibility index (Phi) is 3.83. The van der Waals surface area contributed by atoms with E-state index in [1.54, 1.807) is 6.92 Å². The summed E-state index contributed by atoms with van der Waals surface area (Å²) in [6.07, 6.45) is 1.88. The first-order valence-electron chi connectivity index (χ1n) is 7.86. The van der Waals surface area contributed by atoms with Crippen molar-refractivity contribution in [2.75, 3.05) is 6.54 Å². The third kappa shape index (κ3) is 3.06. The predicted octanol–water partition coefficient (Wildman–Crippen LogP) is 1.33. The van der Waals surface area contributed by atoms with E-state index in [9.17, 15) is 14.4 Å². The largest absolute Gasteiger partial charge is 0.350 e. The number of hydrogen-bond acceptors (Lipinski definition) is 3. The molecule has 0 radical (unpaired) electrons. The zero-order valence-corrected chi connectivity index (χ0v) is 13.4. The van der Waals surface area contributed by atoms with Crippen LogP contribution in [0.2, 0.25) is 0 Å². The van der Waals surface area contributed by atoms with Crippen LogP contribution in [0.4, 0.5) is 4.79 Å². The van der Waals surface area contributed by atoms with Crippen LogP contribution in [0, 0.1) is 12.8 Å². The number of nitrogens with zero attached hydrogens (tertiary/aromatic N) is 1. The molecule has 1 saturated carbocycles. The number of nitrogens with one attached hydrogen (secondary N) is 2. The number of imide groups is 1. The van der Waals surface area contributed by atoms with E-state index in [1.807, 2.05) is 31.2 Å². The van der Waals surface area contributed by atoms with Crippen LogP contribution in [0.15, 0.2) is 24.3 Å². The highest BCUT2D eigenvalue weighted by Crippen LogP contribution is 2.42. The van der Waals surface area contributed by atoms with Gasteiger partial charge in [0.15, 0.2) is 0 Å². The quantitative estimate of drug-likeness (QED) is 0.805. The topological polar surface area (TPSA) is 78.5 Å². The van der Waals surface area contributed by atoms with Crippen molar-refractivity contribution >= 4 is 17.8 Å². The zero-order valence-electron chi connectivity index (χ0n) is 13.4. The highest BCUT2D eigenvalue weighted by atomic mass is 16.2. The lowest BCUT2D eigenvalue weighted by Crippen LogP contribution is -2.46. The molecule has 1 saturated heterocycles. The van der Waals surface area contributed by atoms with E-state index in [4.69, 9.17) is 0 Å². The van der Waals surface area contributed by atoms with Gasteiger partial charge in [0.1, 0.15) is 12.1 Å². The minimum atomic E-state index is -0.839. The van der Waals surface area contributed by atoms with Gasteiger partial charge in [-0.25, -0.2) is 4.79 Å². The lowest BCUT2D eigenvalue weighted by molar-refractivity contribution is -0.135. The van der Waals surface area contributed by atoms with Crippen molar-refractivity contribution < 1.29 is 14.4 Å². The SMILES string of the molecule is Cc1ccc(CNC(=O)CN2C(=O)NC(C)(C3CC3)C2=O)cc1. The number of amides is 4. The van der Waals surface area contributed by atoms with Crippen LogP contribution in [-0.4, -0.2) is 34.8 Å². The third-order valence-electron chi connectivity index (χ3n) is 4.61. The molecular formula is C17H21N3O3. The maximum atomic E-state index is 12.4. The van der Waals surface area contributed by atoms with Crippen molar-refractivity contribution in [3.05, 3.63) is 35.4 Å². The summed E-state index contributed by atoms with van der Waals surface area (Å²) >= 11 is 0. The molecule has 2 aliphatic rings. The molecule has 3 rings (SSSR count). The van der Waals surface area contributed by atoms with Crippen molar-refractivity contribution in [3.8, 4) is 0 Å². The highest BCUT2D eigenvalue weighted by Gasteiger charge is 2.56. The predicted molar refractivity (Wildman–Crippen MR) is 84.4 cm³/mol. The van der Waals surface area contributed by atoms with Crippen LogP contribution in [0.1, 0.15) is 30.9 Å². The van der Waals surface area contributed by atoms with E-state index in [0.29, 0.717) is 6.54 Å². The lowest BCUT2D eigenvalue weighted by atomic mass is 9.96. The van der Waals surface area contributed by atoms with E-state index < -0.39 is 11.6 Å². The van der Waals surface area contributed by atoms with Crippen molar-refractivity contribution in [2.45, 2.75) is 38.8 Å². The van der Waals surface area contributed by atoms with Crippen molar-refractivity contribution in [1.82, 2.24) is 15.5 Å². The van der Waals surface area contributed by atoms with Gasteiger partial charge in [0.2, 0.25) is 5.91 Å². The number of hydrogen-bond donors (Lipinski definition) is 2. The summed E-state index contributed by atoms with van der Waals surface area (Å²) in [6, 6.07) is 7.34. The van der Waals surface area contributed by atoms with E-state index in [-0.39, 0.29) is 24.3 Å². The Labute approximate surface area is 135 Å². The number of aryl methyl sites for hydroxylation is 1. The molecule has 1 unspecified atom stereocenters. The Balaban J connectivity index is 1.56. The number of carbonyl (C=O) groups excluding carboxylic acids is 3.